The Morgan fingerprint density at radius 2 is 2.11 bits per heavy atom. The van der Waals surface area contributed by atoms with E-state index in [0.29, 0.717) is 6.42 Å². The standard InChI is InChI=1S/C14H23N3O2/c1-10-9-12(5-6-13(10)17(3)4)16-14(19)15-11(2)7-8-18/h5-6,9,11,18H,7-8H2,1-4H3,(H2,15,16,19)/t11-/m1/s1. The van der Waals surface area contributed by atoms with E-state index in [1.54, 1.807) is 0 Å². The molecule has 0 bridgehead atoms. The molecule has 0 aromatic heterocycles. The van der Waals surface area contributed by atoms with E-state index in [-0.39, 0.29) is 18.7 Å². The van der Waals surface area contributed by atoms with Gasteiger partial charge in [-0.15, -0.1) is 0 Å². The third-order valence-corrected chi connectivity index (χ3v) is 2.88. The molecule has 19 heavy (non-hydrogen) atoms. The van der Waals surface area contributed by atoms with Gasteiger partial charge in [0.25, 0.3) is 0 Å². The van der Waals surface area contributed by atoms with Crippen LogP contribution >= 0.6 is 0 Å². The number of anilines is 2. The van der Waals surface area contributed by atoms with E-state index < -0.39 is 0 Å². The summed E-state index contributed by atoms with van der Waals surface area (Å²) in [5.41, 5.74) is 2.99. The molecule has 1 rings (SSSR count). The summed E-state index contributed by atoms with van der Waals surface area (Å²) in [5, 5.41) is 14.3. The molecule has 1 aromatic carbocycles. The van der Waals surface area contributed by atoms with Crippen molar-refractivity contribution in [3.05, 3.63) is 23.8 Å². The zero-order valence-electron chi connectivity index (χ0n) is 12.0. The smallest absolute Gasteiger partial charge is 0.319 e. The van der Waals surface area contributed by atoms with Crippen molar-refractivity contribution in [3.63, 3.8) is 0 Å². The molecule has 0 fully saturated rings. The Kier molecular flexibility index (Phi) is 5.63. The van der Waals surface area contributed by atoms with Crippen LogP contribution in [0.4, 0.5) is 16.2 Å². The second kappa shape index (κ2) is 6.99. The molecule has 2 amide bonds. The van der Waals surface area contributed by atoms with Crippen LogP contribution in [-0.4, -0.2) is 37.9 Å². The van der Waals surface area contributed by atoms with Crippen molar-refractivity contribution in [1.82, 2.24) is 5.32 Å². The van der Waals surface area contributed by atoms with Crippen molar-refractivity contribution >= 4 is 17.4 Å². The molecule has 0 saturated heterocycles. The van der Waals surface area contributed by atoms with Gasteiger partial charge in [-0.05, 0) is 44.0 Å². The first-order chi connectivity index (χ1) is 8.93. The number of aliphatic hydroxyl groups is 1. The minimum absolute atomic E-state index is 0.0489. The molecule has 0 spiro atoms. The Morgan fingerprint density at radius 3 is 2.63 bits per heavy atom. The molecule has 3 N–H and O–H groups in total. The Bertz CT molecular complexity index is 433. The molecule has 0 aliphatic rings. The number of nitrogens with zero attached hydrogens (tertiary/aromatic N) is 1. The third kappa shape index (κ3) is 4.79. The summed E-state index contributed by atoms with van der Waals surface area (Å²) < 4.78 is 0. The Labute approximate surface area is 114 Å². The van der Waals surface area contributed by atoms with E-state index in [4.69, 9.17) is 5.11 Å². The predicted molar refractivity (Wildman–Crippen MR) is 78.8 cm³/mol. The highest BCUT2D eigenvalue weighted by Crippen LogP contribution is 2.21. The minimum Gasteiger partial charge on any atom is -0.396 e. The van der Waals surface area contributed by atoms with Crippen LogP contribution in [0.15, 0.2) is 18.2 Å². The fourth-order valence-electron chi connectivity index (χ4n) is 1.89. The molecular weight excluding hydrogens is 242 g/mol. The minimum atomic E-state index is -0.252. The number of carbonyl (C=O) groups is 1. The number of rotatable bonds is 5. The number of hydrogen-bond acceptors (Lipinski definition) is 3. The van der Waals surface area contributed by atoms with Gasteiger partial charge in [-0.1, -0.05) is 0 Å². The number of carbonyl (C=O) groups excluding carboxylic acids is 1. The van der Waals surface area contributed by atoms with Crippen molar-refractivity contribution < 1.29 is 9.90 Å². The zero-order chi connectivity index (χ0) is 14.4. The highest BCUT2D eigenvalue weighted by Gasteiger charge is 2.08. The summed E-state index contributed by atoms with van der Waals surface area (Å²) in [4.78, 5) is 13.7. The lowest BCUT2D eigenvalue weighted by molar-refractivity contribution is 0.241. The summed E-state index contributed by atoms with van der Waals surface area (Å²) in [6.07, 6.45) is 0.548. The van der Waals surface area contributed by atoms with Gasteiger partial charge < -0.3 is 20.6 Å². The van der Waals surface area contributed by atoms with Crippen molar-refractivity contribution in [3.8, 4) is 0 Å². The third-order valence-electron chi connectivity index (χ3n) is 2.88. The summed E-state index contributed by atoms with van der Waals surface area (Å²) in [6, 6.07) is 5.48. The molecule has 0 heterocycles. The first kappa shape index (κ1) is 15.3. The molecule has 1 atom stereocenters. The summed E-state index contributed by atoms with van der Waals surface area (Å²) in [6.45, 7) is 3.93. The molecule has 1 aromatic rings. The van der Waals surface area contributed by atoms with Crippen LogP contribution in [0.25, 0.3) is 0 Å². The van der Waals surface area contributed by atoms with Gasteiger partial charge in [-0.3, -0.25) is 0 Å². The maximum absolute atomic E-state index is 11.7. The number of aryl methyl sites for hydroxylation is 1. The van der Waals surface area contributed by atoms with Crippen molar-refractivity contribution in [1.29, 1.82) is 0 Å². The van der Waals surface area contributed by atoms with Crippen LogP contribution in [0.2, 0.25) is 0 Å². The van der Waals surface area contributed by atoms with E-state index in [0.717, 1.165) is 16.9 Å². The van der Waals surface area contributed by atoms with Gasteiger partial charge in [-0.25, -0.2) is 4.79 Å². The van der Waals surface area contributed by atoms with Crippen LogP contribution in [0.5, 0.6) is 0 Å². The highest BCUT2D eigenvalue weighted by atomic mass is 16.3. The van der Waals surface area contributed by atoms with Crippen molar-refractivity contribution in [2.75, 3.05) is 30.9 Å². The maximum Gasteiger partial charge on any atom is 0.319 e. The Morgan fingerprint density at radius 1 is 1.42 bits per heavy atom. The van der Waals surface area contributed by atoms with E-state index in [1.807, 2.05) is 51.0 Å². The van der Waals surface area contributed by atoms with E-state index in [1.165, 1.54) is 0 Å². The van der Waals surface area contributed by atoms with Gasteiger partial charge in [0, 0.05) is 38.1 Å². The topological polar surface area (TPSA) is 64.6 Å². The molecule has 106 valence electrons. The van der Waals surface area contributed by atoms with Gasteiger partial charge in [0.2, 0.25) is 0 Å². The average molecular weight is 265 g/mol. The molecule has 0 aliphatic carbocycles. The normalized spacial score (nSPS) is 11.8. The first-order valence-corrected chi connectivity index (χ1v) is 6.40. The second-order valence-electron chi connectivity index (χ2n) is 4.91. The van der Waals surface area contributed by atoms with Crippen LogP contribution in [0, 0.1) is 6.92 Å². The Balaban J connectivity index is 2.62. The largest absolute Gasteiger partial charge is 0.396 e. The molecule has 0 radical (unpaired) electrons. The fourth-order valence-corrected chi connectivity index (χ4v) is 1.89. The van der Waals surface area contributed by atoms with Crippen LogP contribution in [0.3, 0.4) is 0 Å². The molecular formula is C14H23N3O2. The molecule has 0 aliphatic heterocycles. The van der Waals surface area contributed by atoms with E-state index in [2.05, 4.69) is 10.6 Å². The first-order valence-electron chi connectivity index (χ1n) is 6.40. The predicted octanol–water partition coefficient (Wildman–Crippen LogP) is 1.95. The number of urea groups is 1. The van der Waals surface area contributed by atoms with Gasteiger partial charge in [-0.2, -0.15) is 0 Å². The fraction of sp³-hybridized carbons (Fsp3) is 0.500. The lowest BCUT2D eigenvalue weighted by Crippen LogP contribution is -2.36. The van der Waals surface area contributed by atoms with E-state index >= 15 is 0 Å². The zero-order valence-corrected chi connectivity index (χ0v) is 12.0. The van der Waals surface area contributed by atoms with E-state index in [9.17, 15) is 4.79 Å². The molecule has 0 saturated carbocycles. The number of benzene rings is 1. The molecule has 5 nitrogen and oxygen atoms in total. The number of nitrogens with one attached hydrogen (secondary N) is 2. The quantitative estimate of drug-likeness (QED) is 0.762. The lowest BCUT2D eigenvalue weighted by Gasteiger charge is -2.17. The maximum atomic E-state index is 11.7. The number of amides is 2. The second-order valence-corrected chi connectivity index (χ2v) is 4.91. The highest BCUT2D eigenvalue weighted by molar-refractivity contribution is 5.89. The monoisotopic (exact) mass is 265 g/mol. The lowest BCUT2D eigenvalue weighted by atomic mass is 10.1. The van der Waals surface area contributed by atoms with Gasteiger partial charge in [0.15, 0.2) is 0 Å². The summed E-state index contributed by atoms with van der Waals surface area (Å²) in [7, 11) is 3.97. The van der Waals surface area contributed by atoms with Gasteiger partial charge in [0.1, 0.15) is 0 Å². The van der Waals surface area contributed by atoms with Crippen molar-refractivity contribution in [2.24, 2.45) is 0 Å². The molecule has 0 unspecified atom stereocenters. The number of aliphatic hydroxyl groups excluding tert-OH is 1. The average Bonchev–Trinajstić information content (AvgIpc) is 2.28. The van der Waals surface area contributed by atoms with Crippen LogP contribution in [0.1, 0.15) is 18.9 Å². The number of hydrogen-bond donors (Lipinski definition) is 3. The van der Waals surface area contributed by atoms with Gasteiger partial charge in [0.05, 0.1) is 0 Å². The summed E-state index contributed by atoms with van der Waals surface area (Å²) >= 11 is 0. The van der Waals surface area contributed by atoms with Crippen LogP contribution in [-0.2, 0) is 0 Å². The van der Waals surface area contributed by atoms with Crippen LogP contribution < -0.4 is 15.5 Å². The Hall–Kier alpha value is -1.75. The van der Waals surface area contributed by atoms with Crippen molar-refractivity contribution in [2.45, 2.75) is 26.3 Å². The summed E-state index contributed by atoms with van der Waals surface area (Å²) in [5.74, 6) is 0. The molecule has 5 heteroatoms. The van der Waals surface area contributed by atoms with Gasteiger partial charge >= 0.3 is 6.03 Å². The SMILES string of the molecule is Cc1cc(NC(=O)N[C@H](C)CCO)ccc1N(C)C.